The lowest BCUT2D eigenvalue weighted by Crippen LogP contribution is -2.20. The van der Waals surface area contributed by atoms with Gasteiger partial charge in [-0.05, 0) is 34.8 Å². The van der Waals surface area contributed by atoms with E-state index in [9.17, 15) is 15.0 Å². The fraction of sp³-hybridized carbons (Fsp3) is 0.417. The third kappa shape index (κ3) is 1.71. The second kappa shape index (κ2) is 4.35. The third-order valence-corrected chi connectivity index (χ3v) is 4.00. The number of aliphatic carboxylic acids is 1. The lowest BCUT2D eigenvalue weighted by molar-refractivity contribution is -0.140. The summed E-state index contributed by atoms with van der Waals surface area (Å²) in [6.07, 6.45) is 1.02. The first-order valence-electron chi connectivity index (χ1n) is 5.35. The quantitative estimate of drug-likeness (QED) is 0.891. The van der Waals surface area contributed by atoms with Crippen molar-refractivity contribution in [2.45, 2.75) is 18.3 Å². The normalized spacial score (nSPS) is 16.2. The van der Waals surface area contributed by atoms with Crippen LogP contribution >= 0.6 is 15.9 Å². The topological polar surface area (TPSA) is 76.0 Å². The smallest absolute Gasteiger partial charge is 0.314 e. The van der Waals surface area contributed by atoms with Crippen molar-refractivity contribution >= 4 is 21.9 Å². The van der Waals surface area contributed by atoms with E-state index >= 15 is 0 Å². The maximum atomic E-state index is 11.3. The van der Waals surface area contributed by atoms with Crippen LogP contribution in [0.15, 0.2) is 10.5 Å². The van der Waals surface area contributed by atoms with Crippen LogP contribution in [0, 0.1) is 0 Å². The molecule has 1 saturated carbocycles. The fourth-order valence-electron chi connectivity index (χ4n) is 2.03. The Labute approximate surface area is 112 Å². The first kappa shape index (κ1) is 13.0. The van der Waals surface area contributed by atoms with Crippen molar-refractivity contribution in [1.82, 2.24) is 0 Å². The number of halogens is 1. The van der Waals surface area contributed by atoms with E-state index in [1.165, 1.54) is 20.3 Å². The Morgan fingerprint density at radius 1 is 1.39 bits per heavy atom. The molecule has 2 N–H and O–H groups in total. The molecule has 1 aliphatic rings. The van der Waals surface area contributed by atoms with Gasteiger partial charge < -0.3 is 19.7 Å². The zero-order valence-corrected chi connectivity index (χ0v) is 11.6. The van der Waals surface area contributed by atoms with E-state index in [4.69, 9.17) is 9.47 Å². The summed E-state index contributed by atoms with van der Waals surface area (Å²) in [5.74, 6) is -0.297. The Kier molecular flexibility index (Phi) is 3.14. The Bertz CT molecular complexity index is 508. The Morgan fingerprint density at radius 3 is 2.39 bits per heavy atom. The van der Waals surface area contributed by atoms with E-state index in [0.29, 0.717) is 34.4 Å². The number of aromatic hydroxyl groups is 1. The van der Waals surface area contributed by atoms with Crippen LogP contribution < -0.4 is 9.47 Å². The zero-order chi connectivity index (χ0) is 13.5. The molecule has 0 atom stereocenters. The molecule has 1 aromatic rings. The molecule has 0 aromatic heterocycles. The predicted octanol–water partition coefficient (Wildman–Crippen LogP) is 2.29. The highest BCUT2D eigenvalue weighted by atomic mass is 79.9. The van der Waals surface area contributed by atoms with Gasteiger partial charge in [-0.15, -0.1) is 0 Å². The van der Waals surface area contributed by atoms with E-state index in [-0.39, 0.29) is 5.75 Å². The number of hydrogen-bond donors (Lipinski definition) is 2. The molecule has 18 heavy (non-hydrogen) atoms. The van der Waals surface area contributed by atoms with Crippen molar-refractivity contribution in [1.29, 1.82) is 0 Å². The molecule has 0 heterocycles. The van der Waals surface area contributed by atoms with Gasteiger partial charge in [0.15, 0.2) is 11.5 Å². The molecule has 2 rings (SSSR count). The largest absolute Gasteiger partial charge is 0.506 e. The molecule has 0 spiro atoms. The van der Waals surface area contributed by atoms with Crippen LogP contribution in [-0.2, 0) is 10.2 Å². The molecule has 5 nitrogen and oxygen atoms in total. The minimum absolute atomic E-state index is 0.104. The number of rotatable bonds is 4. The van der Waals surface area contributed by atoms with Gasteiger partial charge in [0.25, 0.3) is 0 Å². The van der Waals surface area contributed by atoms with Crippen LogP contribution in [0.5, 0.6) is 17.2 Å². The highest BCUT2D eigenvalue weighted by molar-refractivity contribution is 9.10. The number of methoxy groups -OCH3 is 2. The van der Waals surface area contributed by atoms with Crippen molar-refractivity contribution in [3.05, 3.63) is 16.1 Å². The lowest BCUT2D eigenvalue weighted by Gasteiger charge is -2.18. The summed E-state index contributed by atoms with van der Waals surface area (Å²) in [7, 11) is 2.91. The van der Waals surface area contributed by atoms with Crippen molar-refractivity contribution < 1.29 is 24.5 Å². The highest BCUT2D eigenvalue weighted by Gasteiger charge is 2.54. The summed E-state index contributed by atoms with van der Waals surface area (Å²) >= 11 is 3.20. The van der Waals surface area contributed by atoms with Crippen molar-refractivity contribution in [2.24, 2.45) is 0 Å². The van der Waals surface area contributed by atoms with E-state index in [1.807, 2.05) is 0 Å². The summed E-state index contributed by atoms with van der Waals surface area (Å²) < 4.78 is 10.6. The Hall–Kier alpha value is -1.43. The van der Waals surface area contributed by atoms with Gasteiger partial charge in [-0.3, -0.25) is 4.79 Å². The molecular weight excluding hydrogens is 304 g/mol. The first-order valence-corrected chi connectivity index (χ1v) is 6.14. The van der Waals surface area contributed by atoms with E-state index in [1.54, 1.807) is 0 Å². The maximum Gasteiger partial charge on any atom is 0.314 e. The number of carbonyl (C=O) groups is 1. The lowest BCUT2D eigenvalue weighted by atomic mass is 9.94. The van der Waals surface area contributed by atoms with E-state index in [2.05, 4.69) is 15.9 Å². The van der Waals surface area contributed by atoms with E-state index < -0.39 is 11.4 Å². The molecule has 0 radical (unpaired) electrons. The average molecular weight is 317 g/mol. The van der Waals surface area contributed by atoms with Gasteiger partial charge in [0.1, 0.15) is 10.2 Å². The van der Waals surface area contributed by atoms with Crippen LogP contribution in [-0.4, -0.2) is 30.4 Å². The van der Waals surface area contributed by atoms with Crippen molar-refractivity contribution in [3.63, 3.8) is 0 Å². The van der Waals surface area contributed by atoms with Gasteiger partial charge in [0.05, 0.1) is 19.6 Å². The van der Waals surface area contributed by atoms with Gasteiger partial charge in [0.2, 0.25) is 0 Å². The number of phenols is 1. The predicted molar refractivity (Wildman–Crippen MR) is 67.5 cm³/mol. The van der Waals surface area contributed by atoms with Crippen molar-refractivity contribution in [2.75, 3.05) is 14.2 Å². The summed E-state index contributed by atoms with van der Waals surface area (Å²) in [5, 5.41) is 19.4. The Balaban J connectivity index is 2.63. The van der Waals surface area contributed by atoms with E-state index in [0.717, 1.165) is 0 Å². The molecule has 0 amide bonds. The van der Waals surface area contributed by atoms with Gasteiger partial charge in [-0.1, -0.05) is 0 Å². The molecule has 1 aliphatic carbocycles. The number of carboxylic acids is 1. The van der Waals surface area contributed by atoms with Crippen LogP contribution in [0.1, 0.15) is 18.4 Å². The van der Waals surface area contributed by atoms with Gasteiger partial charge in [-0.25, -0.2) is 0 Å². The minimum atomic E-state index is -0.994. The second-order valence-electron chi connectivity index (χ2n) is 4.21. The molecule has 98 valence electrons. The molecule has 1 fully saturated rings. The van der Waals surface area contributed by atoms with Crippen LogP contribution in [0.2, 0.25) is 0 Å². The molecule has 0 aliphatic heterocycles. The molecule has 0 saturated heterocycles. The zero-order valence-electron chi connectivity index (χ0n) is 9.99. The molecule has 1 aromatic carbocycles. The first-order chi connectivity index (χ1) is 8.47. The number of phenolic OH excluding ortho intramolecular Hbond substituents is 1. The monoisotopic (exact) mass is 316 g/mol. The van der Waals surface area contributed by atoms with Crippen molar-refractivity contribution in [3.8, 4) is 17.2 Å². The number of benzene rings is 1. The van der Waals surface area contributed by atoms with Crippen LogP contribution in [0.25, 0.3) is 0 Å². The summed E-state index contributed by atoms with van der Waals surface area (Å²) in [6, 6.07) is 1.53. The number of carboxylic acid groups (broad SMARTS) is 1. The molecule has 6 heteroatoms. The molecule has 0 bridgehead atoms. The van der Waals surface area contributed by atoms with Gasteiger partial charge in [-0.2, -0.15) is 0 Å². The summed E-state index contributed by atoms with van der Waals surface area (Å²) in [4.78, 5) is 11.3. The maximum absolute atomic E-state index is 11.3. The van der Waals surface area contributed by atoms with Gasteiger partial charge in [0, 0.05) is 5.56 Å². The number of ether oxygens (including phenoxy) is 2. The number of hydrogen-bond acceptors (Lipinski definition) is 4. The molecule has 0 unspecified atom stereocenters. The fourth-order valence-corrected chi connectivity index (χ4v) is 2.60. The SMILES string of the molecule is COc1cc(C2(C(=O)O)CC2)c(O)c(Br)c1OC. The van der Waals surface area contributed by atoms with Gasteiger partial charge >= 0.3 is 5.97 Å². The second-order valence-corrected chi connectivity index (χ2v) is 5.00. The Morgan fingerprint density at radius 2 is 2.00 bits per heavy atom. The standard InChI is InChI=1S/C12H13BrO5/c1-17-7-5-6(12(3-4-12)11(15)16)9(14)8(13)10(7)18-2/h5,14H,3-4H2,1-2H3,(H,15,16). The summed E-state index contributed by atoms with van der Waals surface area (Å²) in [5.41, 5.74) is -0.633. The average Bonchev–Trinajstić information content (AvgIpc) is 3.13. The van der Waals surface area contributed by atoms with Crippen LogP contribution in [0.3, 0.4) is 0 Å². The van der Waals surface area contributed by atoms with Crippen LogP contribution in [0.4, 0.5) is 0 Å². The highest BCUT2D eigenvalue weighted by Crippen LogP contribution is 2.56. The molecular formula is C12H13BrO5. The summed E-state index contributed by atoms with van der Waals surface area (Å²) in [6.45, 7) is 0. The third-order valence-electron chi connectivity index (χ3n) is 3.26. The minimum Gasteiger partial charge on any atom is -0.506 e.